The number of rotatable bonds is 4. The van der Waals surface area contributed by atoms with Crippen molar-refractivity contribution in [3.05, 3.63) is 23.2 Å². The van der Waals surface area contributed by atoms with Gasteiger partial charge in [-0.2, -0.15) is 0 Å². The van der Waals surface area contributed by atoms with E-state index in [0.717, 1.165) is 5.56 Å². The van der Waals surface area contributed by atoms with E-state index in [1.165, 1.54) is 6.92 Å². The molecule has 4 nitrogen and oxygen atoms in total. The van der Waals surface area contributed by atoms with Crippen LogP contribution >= 0.6 is 11.6 Å². The van der Waals surface area contributed by atoms with E-state index >= 15 is 0 Å². The zero-order valence-electron chi connectivity index (χ0n) is 8.59. The third-order valence-electron chi connectivity index (χ3n) is 1.94. The van der Waals surface area contributed by atoms with Gasteiger partial charge < -0.3 is 9.73 Å². The number of carbonyl (C=O) groups is 2. The van der Waals surface area contributed by atoms with Crippen LogP contribution in [0.2, 0.25) is 0 Å². The highest BCUT2D eigenvalue weighted by molar-refractivity contribution is 6.30. The molecule has 15 heavy (non-hydrogen) atoms. The summed E-state index contributed by atoms with van der Waals surface area (Å²) in [5, 5.41) is 2.63. The predicted octanol–water partition coefficient (Wildman–Crippen LogP) is 1.65. The van der Waals surface area contributed by atoms with Crippen molar-refractivity contribution in [1.29, 1.82) is 0 Å². The Bertz CT molecular complexity index is 384. The summed E-state index contributed by atoms with van der Waals surface area (Å²) in [6, 6.07) is 1.61. The van der Waals surface area contributed by atoms with Crippen molar-refractivity contribution in [3.63, 3.8) is 0 Å². The number of ketones is 1. The first-order chi connectivity index (χ1) is 7.04. The fourth-order valence-electron chi connectivity index (χ4n) is 1.12. The average Bonchev–Trinajstić information content (AvgIpc) is 2.55. The molecule has 0 radical (unpaired) electrons. The molecule has 0 aliphatic rings. The lowest BCUT2D eigenvalue weighted by molar-refractivity contribution is -0.119. The van der Waals surface area contributed by atoms with Crippen LogP contribution in [0.25, 0.3) is 0 Å². The number of hydrogen-bond acceptors (Lipinski definition) is 3. The summed E-state index contributed by atoms with van der Waals surface area (Å²) in [6.45, 7) is 3.53. The van der Waals surface area contributed by atoms with E-state index < -0.39 is 0 Å². The number of amides is 1. The number of hydrogen-bond donors (Lipinski definition) is 1. The van der Waals surface area contributed by atoms with Crippen LogP contribution in [0, 0.1) is 6.92 Å². The molecule has 0 aromatic carbocycles. The van der Waals surface area contributed by atoms with Crippen molar-refractivity contribution in [1.82, 2.24) is 5.32 Å². The number of nitrogens with one attached hydrogen (secondary N) is 1. The minimum absolute atomic E-state index is 0.105. The lowest BCUT2D eigenvalue weighted by Crippen LogP contribution is -2.18. The van der Waals surface area contributed by atoms with Crippen LogP contribution in [0.4, 0.5) is 0 Å². The Labute approximate surface area is 92.6 Å². The summed E-state index contributed by atoms with van der Waals surface area (Å²) in [4.78, 5) is 21.9. The third-order valence-corrected chi connectivity index (χ3v) is 2.19. The van der Waals surface area contributed by atoms with Gasteiger partial charge in [-0.05, 0) is 13.0 Å². The number of carbonyl (C=O) groups excluding carboxylic acids is 2. The van der Waals surface area contributed by atoms with Crippen LogP contribution in [-0.4, -0.2) is 17.6 Å². The summed E-state index contributed by atoms with van der Waals surface area (Å²) in [5.41, 5.74) is 0.790. The Morgan fingerprint density at radius 3 is 2.73 bits per heavy atom. The number of alkyl halides is 1. The molecule has 0 aliphatic heterocycles. The average molecular weight is 230 g/mol. The van der Waals surface area contributed by atoms with Crippen LogP contribution in [0.15, 0.2) is 10.5 Å². The van der Waals surface area contributed by atoms with Gasteiger partial charge in [0, 0.05) is 19.0 Å². The van der Waals surface area contributed by atoms with Crippen LogP contribution in [0.1, 0.15) is 28.8 Å². The molecule has 0 saturated heterocycles. The molecular formula is C10H12ClNO3. The van der Waals surface area contributed by atoms with E-state index in [9.17, 15) is 9.59 Å². The quantitative estimate of drug-likeness (QED) is 0.631. The molecule has 1 rings (SSSR count). The van der Waals surface area contributed by atoms with Gasteiger partial charge in [-0.15, -0.1) is 11.6 Å². The summed E-state index contributed by atoms with van der Waals surface area (Å²) in [6.07, 6.45) is 0. The Hall–Kier alpha value is -1.29. The monoisotopic (exact) mass is 229 g/mol. The van der Waals surface area contributed by atoms with E-state index in [2.05, 4.69) is 5.32 Å². The SMILES string of the molecule is CC(=O)NCc1cc(C(=O)CCl)oc1C. The second kappa shape index (κ2) is 4.98. The van der Waals surface area contributed by atoms with E-state index in [4.69, 9.17) is 16.0 Å². The molecule has 1 aromatic heterocycles. The molecule has 0 saturated carbocycles. The van der Waals surface area contributed by atoms with Crippen molar-refractivity contribution in [2.45, 2.75) is 20.4 Å². The lowest BCUT2D eigenvalue weighted by atomic mass is 10.2. The largest absolute Gasteiger partial charge is 0.458 e. The summed E-state index contributed by atoms with van der Waals surface area (Å²) >= 11 is 5.40. The van der Waals surface area contributed by atoms with Gasteiger partial charge in [0.1, 0.15) is 5.76 Å². The molecule has 1 amide bonds. The van der Waals surface area contributed by atoms with Gasteiger partial charge in [0.25, 0.3) is 0 Å². The summed E-state index contributed by atoms with van der Waals surface area (Å²) < 4.78 is 5.21. The predicted molar refractivity (Wildman–Crippen MR) is 56.0 cm³/mol. The Morgan fingerprint density at radius 2 is 2.20 bits per heavy atom. The molecule has 0 fully saturated rings. The minimum atomic E-state index is -0.256. The molecule has 0 bridgehead atoms. The number of Topliss-reactive ketones (excluding diaryl/α,β-unsaturated/α-hetero) is 1. The zero-order valence-corrected chi connectivity index (χ0v) is 9.35. The highest BCUT2D eigenvalue weighted by atomic mass is 35.5. The smallest absolute Gasteiger partial charge is 0.217 e. The van der Waals surface area contributed by atoms with Gasteiger partial charge in [-0.3, -0.25) is 9.59 Å². The molecule has 1 heterocycles. The van der Waals surface area contributed by atoms with Crippen molar-refractivity contribution >= 4 is 23.3 Å². The van der Waals surface area contributed by atoms with E-state index in [1.54, 1.807) is 13.0 Å². The van der Waals surface area contributed by atoms with Crippen LogP contribution < -0.4 is 5.32 Å². The number of furan rings is 1. The Kier molecular flexibility index (Phi) is 3.91. The zero-order chi connectivity index (χ0) is 11.4. The van der Waals surface area contributed by atoms with E-state index in [1.807, 2.05) is 0 Å². The van der Waals surface area contributed by atoms with E-state index in [-0.39, 0.29) is 23.3 Å². The molecule has 1 aromatic rings. The van der Waals surface area contributed by atoms with Gasteiger partial charge in [-0.25, -0.2) is 0 Å². The molecule has 82 valence electrons. The first-order valence-corrected chi connectivity index (χ1v) is 5.01. The number of aryl methyl sites for hydroxylation is 1. The normalized spacial score (nSPS) is 10.1. The minimum Gasteiger partial charge on any atom is -0.458 e. The van der Waals surface area contributed by atoms with Crippen molar-refractivity contribution in [3.8, 4) is 0 Å². The molecular weight excluding hydrogens is 218 g/mol. The molecule has 0 aliphatic carbocycles. The maximum atomic E-state index is 11.2. The van der Waals surface area contributed by atoms with Gasteiger partial charge in [-0.1, -0.05) is 0 Å². The Balaban J connectivity index is 2.77. The van der Waals surface area contributed by atoms with Gasteiger partial charge in [0.15, 0.2) is 5.76 Å². The fraction of sp³-hybridized carbons (Fsp3) is 0.400. The van der Waals surface area contributed by atoms with Gasteiger partial charge >= 0.3 is 0 Å². The van der Waals surface area contributed by atoms with E-state index in [0.29, 0.717) is 12.3 Å². The first kappa shape index (κ1) is 11.8. The Morgan fingerprint density at radius 1 is 1.53 bits per heavy atom. The van der Waals surface area contributed by atoms with Gasteiger partial charge in [0.2, 0.25) is 11.7 Å². The second-order valence-corrected chi connectivity index (χ2v) is 3.43. The number of halogens is 1. The van der Waals surface area contributed by atoms with Crippen LogP contribution in [-0.2, 0) is 11.3 Å². The molecule has 5 heteroatoms. The lowest BCUT2D eigenvalue weighted by Gasteiger charge is -1.98. The van der Waals surface area contributed by atoms with Crippen LogP contribution in [0.3, 0.4) is 0 Å². The van der Waals surface area contributed by atoms with Crippen molar-refractivity contribution in [2.24, 2.45) is 0 Å². The molecule has 0 unspecified atom stereocenters. The molecule has 0 atom stereocenters. The fourth-order valence-corrected chi connectivity index (χ4v) is 1.25. The van der Waals surface area contributed by atoms with Gasteiger partial charge in [0.05, 0.1) is 5.88 Å². The van der Waals surface area contributed by atoms with Crippen molar-refractivity contribution < 1.29 is 14.0 Å². The topological polar surface area (TPSA) is 59.3 Å². The summed E-state index contributed by atoms with van der Waals surface area (Å²) in [5.74, 6) is 0.377. The highest BCUT2D eigenvalue weighted by Crippen LogP contribution is 2.15. The maximum Gasteiger partial charge on any atom is 0.217 e. The molecule has 1 N–H and O–H groups in total. The second-order valence-electron chi connectivity index (χ2n) is 3.16. The summed E-state index contributed by atoms with van der Waals surface area (Å²) in [7, 11) is 0. The van der Waals surface area contributed by atoms with Crippen molar-refractivity contribution in [2.75, 3.05) is 5.88 Å². The standard InChI is InChI=1S/C10H12ClNO3/c1-6-8(5-12-7(2)13)3-10(15-6)9(14)4-11/h3H,4-5H2,1-2H3,(H,12,13). The highest BCUT2D eigenvalue weighted by Gasteiger charge is 2.13. The first-order valence-electron chi connectivity index (χ1n) is 4.47. The molecule has 0 spiro atoms. The third kappa shape index (κ3) is 3.09. The van der Waals surface area contributed by atoms with Crippen LogP contribution in [0.5, 0.6) is 0 Å². The maximum absolute atomic E-state index is 11.2.